The molecule has 0 fully saturated rings. The van der Waals surface area contributed by atoms with Crippen LogP contribution in [0.5, 0.6) is 0 Å². The SMILES string of the molecule is COCCCCCNc1nc(Cl)nc2sc(C)cc12. The van der Waals surface area contributed by atoms with Gasteiger partial charge in [-0.05, 0) is 43.9 Å². The van der Waals surface area contributed by atoms with Gasteiger partial charge in [-0.3, -0.25) is 0 Å². The van der Waals surface area contributed by atoms with Crippen LogP contribution < -0.4 is 5.32 Å². The first-order valence-corrected chi connectivity index (χ1v) is 7.56. The Labute approximate surface area is 122 Å². The molecule has 2 aromatic heterocycles. The Balaban J connectivity index is 1.96. The van der Waals surface area contributed by atoms with Crippen LogP contribution in [-0.4, -0.2) is 30.2 Å². The molecule has 0 aliphatic carbocycles. The topological polar surface area (TPSA) is 47.0 Å². The van der Waals surface area contributed by atoms with Crippen molar-refractivity contribution in [1.82, 2.24) is 9.97 Å². The van der Waals surface area contributed by atoms with Gasteiger partial charge in [0, 0.05) is 25.1 Å². The molecule has 2 rings (SSSR count). The van der Waals surface area contributed by atoms with Crippen LogP contribution >= 0.6 is 22.9 Å². The number of nitrogens with one attached hydrogen (secondary N) is 1. The minimum absolute atomic E-state index is 0.302. The average Bonchev–Trinajstić information content (AvgIpc) is 2.73. The first-order valence-electron chi connectivity index (χ1n) is 6.37. The molecule has 6 heteroatoms. The zero-order chi connectivity index (χ0) is 13.7. The maximum atomic E-state index is 5.94. The molecule has 0 aliphatic heterocycles. The van der Waals surface area contributed by atoms with Crippen LogP contribution in [0.15, 0.2) is 6.07 Å². The number of methoxy groups -OCH3 is 1. The van der Waals surface area contributed by atoms with Crippen LogP contribution in [0.25, 0.3) is 10.2 Å². The van der Waals surface area contributed by atoms with E-state index in [-0.39, 0.29) is 0 Å². The van der Waals surface area contributed by atoms with E-state index in [0.717, 1.165) is 48.4 Å². The van der Waals surface area contributed by atoms with Gasteiger partial charge < -0.3 is 10.1 Å². The van der Waals surface area contributed by atoms with Crippen molar-refractivity contribution in [2.45, 2.75) is 26.2 Å². The van der Waals surface area contributed by atoms with Crippen LogP contribution in [0.4, 0.5) is 5.82 Å². The number of unbranched alkanes of at least 4 members (excludes halogenated alkanes) is 2. The van der Waals surface area contributed by atoms with E-state index in [1.54, 1.807) is 18.4 Å². The van der Waals surface area contributed by atoms with E-state index >= 15 is 0 Å². The van der Waals surface area contributed by atoms with E-state index in [9.17, 15) is 0 Å². The van der Waals surface area contributed by atoms with E-state index in [2.05, 4.69) is 28.3 Å². The lowest BCUT2D eigenvalue weighted by Crippen LogP contribution is -2.04. The lowest BCUT2D eigenvalue weighted by atomic mass is 10.2. The molecular formula is C13H18ClN3OS. The van der Waals surface area contributed by atoms with Gasteiger partial charge in [-0.1, -0.05) is 0 Å². The van der Waals surface area contributed by atoms with Crippen molar-refractivity contribution in [3.63, 3.8) is 0 Å². The third kappa shape index (κ3) is 4.03. The van der Waals surface area contributed by atoms with E-state index < -0.39 is 0 Å². The first-order chi connectivity index (χ1) is 9.20. The molecule has 0 radical (unpaired) electrons. The van der Waals surface area contributed by atoms with Gasteiger partial charge in [0.2, 0.25) is 5.28 Å². The fraction of sp³-hybridized carbons (Fsp3) is 0.538. The van der Waals surface area contributed by atoms with E-state index in [1.165, 1.54) is 4.88 Å². The third-order valence-corrected chi connectivity index (χ3v) is 3.92. The highest BCUT2D eigenvalue weighted by Crippen LogP contribution is 2.29. The van der Waals surface area contributed by atoms with Gasteiger partial charge in [-0.2, -0.15) is 0 Å². The third-order valence-electron chi connectivity index (χ3n) is 2.81. The van der Waals surface area contributed by atoms with Crippen LogP contribution in [0.1, 0.15) is 24.1 Å². The molecule has 0 atom stereocenters. The predicted molar refractivity (Wildman–Crippen MR) is 81.4 cm³/mol. The van der Waals surface area contributed by atoms with Crippen molar-refractivity contribution in [3.8, 4) is 0 Å². The number of fused-ring (bicyclic) bond motifs is 1. The number of aromatic nitrogens is 2. The Morgan fingerprint density at radius 1 is 1.32 bits per heavy atom. The number of thiophene rings is 1. The largest absolute Gasteiger partial charge is 0.385 e. The summed E-state index contributed by atoms with van der Waals surface area (Å²) in [5.74, 6) is 0.839. The number of hydrogen-bond donors (Lipinski definition) is 1. The monoisotopic (exact) mass is 299 g/mol. The summed E-state index contributed by atoms with van der Waals surface area (Å²) < 4.78 is 5.03. The lowest BCUT2D eigenvalue weighted by molar-refractivity contribution is 0.192. The molecule has 2 heterocycles. The van der Waals surface area contributed by atoms with Crippen molar-refractivity contribution in [2.75, 3.05) is 25.6 Å². The number of nitrogens with zero attached hydrogens (tertiary/aromatic N) is 2. The maximum Gasteiger partial charge on any atom is 0.225 e. The molecule has 0 unspecified atom stereocenters. The normalized spacial score (nSPS) is 11.1. The van der Waals surface area contributed by atoms with Crippen LogP contribution in [0.2, 0.25) is 5.28 Å². The van der Waals surface area contributed by atoms with Gasteiger partial charge in [0.05, 0.1) is 5.39 Å². The second kappa shape index (κ2) is 7.03. The number of anilines is 1. The van der Waals surface area contributed by atoms with Gasteiger partial charge in [-0.15, -0.1) is 11.3 Å². The zero-order valence-corrected chi connectivity index (χ0v) is 12.8. The number of halogens is 1. The predicted octanol–water partition coefficient (Wildman–Crippen LogP) is 3.88. The van der Waals surface area contributed by atoms with Gasteiger partial charge in [0.25, 0.3) is 0 Å². The molecule has 19 heavy (non-hydrogen) atoms. The molecule has 0 saturated carbocycles. The number of rotatable bonds is 7. The van der Waals surface area contributed by atoms with Crippen LogP contribution in [0, 0.1) is 6.92 Å². The van der Waals surface area contributed by atoms with Gasteiger partial charge in [0.15, 0.2) is 0 Å². The quantitative estimate of drug-likeness (QED) is 0.622. The maximum absolute atomic E-state index is 5.94. The number of hydrogen-bond acceptors (Lipinski definition) is 5. The summed E-state index contributed by atoms with van der Waals surface area (Å²) in [4.78, 5) is 10.7. The van der Waals surface area contributed by atoms with E-state index in [4.69, 9.17) is 16.3 Å². The average molecular weight is 300 g/mol. The molecule has 0 aromatic carbocycles. The molecule has 4 nitrogen and oxygen atoms in total. The first kappa shape index (κ1) is 14.5. The zero-order valence-electron chi connectivity index (χ0n) is 11.2. The lowest BCUT2D eigenvalue weighted by Gasteiger charge is -2.06. The molecule has 1 N–H and O–H groups in total. The number of ether oxygens (including phenoxy) is 1. The van der Waals surface area contributed by atoms with Gasteiger partial charge in [-0.25, -0.2) is 9.97 Å². The Hall–Kier alpha value is -0.910. The van der Waals surface area contributed by atoms with Crippen molar-refractivity contribution < 1.29 is 4.74 Å². The van der Waals surface area contributed by atoms with Gasteiger partial charge in [0.1, 0.15) is 10.6 Å². The summed E-state index contributed by atoms with van der Waals surface area (Å²) >= 11 is 7.58. The molecule has 104 valence electrons. The fourth-order valence-electron chi connectivity index (χ4n) is 1.91. The van der Waals surface area contributed by atoms with Crippen molar-refractivity contribution >= 4 is 39.0 Å². The van der Waals surface area contributed by atoms with Crippen LogP contribution in [-0.2, 0) is 4.74 Å². The second-order valence-electron chi connectivity index (χ2n) is 4.40. The number of aryl methyl sites for hydroxylation is 1. The highest BCUT2D eigenvalue weighted by molar-refractivity contribution is 7.18. The Morgan fingerprint density at radius 2 is 2.16 bits per heavy atom. The van der Waals surface area contributed by atoms with Crippen molar-refractivity contribution in [2.24, 2.45) is 0 Å². The summed E-state index contributed by atoms with van der Waals surface area (Å²) in [5.41, 5.74) is 0. The van der Waals surface area contributed by atoms with E-state index in [1.807, 2.05) is 0 Å². The van der Waals surface area contributed by atoms with Crippen LogP contribution in [0.3, 0.4) is 0 Å². The van der Waals surface area contributed by atoms with E-state index in [0.29, 0.717) is 5.28 Å². The molecule has 0 amide bonds. The molecular weight excluding hydrogens is 282 g/mol. The highest BCUT2D eigenvalue weighted by Gasteiger charge is 2.08. The Morgan fingerprint density at radius 3 is 2.95 bits per heavy atom. The molecule has 0 bridgehead atoms. The smallest absolute Gasteiger partial charge is 0.225 e. The Kier molecular flexibility index (Phi) is 5.36. The fourth-order valence-corrected chi connectivity index (χ4v) is 3.00. The second-order valence-corrected chi connectivity index (χ2v) is 5.97. The molecule has 0 spiro atoms. The minimum atomic E-state index is 0.302. The molecule has 0 aliphatic rings. The molecule has 0 saturated heterocycles. The van der Waals surface area contributed by atoms with Crippen molar-refractivity contribution in [1.29, 1.82) is 0 Å². The summed E-state index contributed by atoms with van der Waals surface area (Å²) in [5, 5.41) is 4.71. The van der Waals surface area contributed by atoms with Crippen molar-refractivity contribution in [3.05, 3.63) is 16.2 Å². The highest BCUT2D eigenvalue weighted by atomic mass is 35.5. The summed E-state index contributed by atoms with van der Waals surface area (Å²) in [6.07, 6.45) is 3.33. The Bertz CT molecular complexity index is 544. The standard InChI is InChI=1S/C13H18ClN3OS/c1-9-8-10-11(15-6-4-3-5-7-18-2)16-13(14)17-12(10)19-9/h8H,3-7H2,1-2H3,(H,15,16,17). The summed E-state index contributed by atoms with van der Waals surface area (Å²) in [6, 6.07) is 2.10. The minimum Gasteiger partial charge on any atom is -0.385 e. The van der Waals surface area contributed by atoms with Gasteiger partial charge >= 0.3 is 0 Å². The summed E-state index contributed by atoms with van der Waals surface area (Å²) in [7, 11) is 1.73. The summed E-state index contributed by atoms with van der Waals surface area (Å²) in [6.45, 7) is 3.78. The molecule has 2 aromatic rings.